The highest BCUT2D eigenvalue weighted by Gasteiger charge is 2.49. The van der Waals surface area contributed by atoms with E-state index in [9.17, 15) is 19.2 Å². The van der Waals surface area contributed by atoms with E-state index in [1.165, 1.54) is 0 Å². The van der Waals surface area contributed by atoms with Gasteiger partial charge < -0.3 is 26.0 Å². The Balaban J connectivity index is 2.03. The van der Waals surface area contributed by atoms with E-state index in [2.05, 4.69) is 10.6 Å². The molecule has 0 spiro atoms. The van der Waals surface area contributed by atoms with Gasteiger partial charge in [-0.05, 0) is 76.5 Å². The summed E-state index contributed by atoms with van der Waals surface area (Å²) in [7, 11) is 0. The molecule has 9 heteroatoms. The van der Waals surface area contributed by atoms with Crippen molar-refractivity contribution in [3.8, 4) is 0 Å². The van der Waals surface area contributed by atoms with Gasteiger partial charge in [0.1, 0.15) is 17.7 Å². The normalized spacial score (nSPS) is 21.1. The molecule has 0 aliphatic heterocycles. The molecule has 0 radical (unpaired) electrons. The van der Waals surface area contributed by atoms with Crippen LogP contribution in [0.4, 0.5) is 4.79 Å². The summed E-state index contributed by atoms with van der Waals surface area (Å²) >= 11 is 0. The van der Waals surface area contributed by atoms with Crippen molar-refractivity contribution < 1.29 is 23.9 Å². The molecule has 0 aromatic heterocycles. The number of ether oxygens (including phenoxy) is 1. The molecule has 2 saturated carbocycles. The van der Waals surface area contributed by atoms with E-state index < -0.39 is 42.0 Å². The Hall–Kier alpha value is -3.10. The first kappa shape index (κ1) is 29.5. The van der Waals surface area contributed by atoms with Crippen molar-refractivity contribution in [3.05, 3.63) is 34.9 Å². The van der Waals surface area contributed by atoms with Gasteiger partial charge in [-0.3, -0.25) is 14.4 Å². The second kappa shape index (κ2) is 12.2. The number of aryl methyl sites for hydroxylation is 2. The van der Waals surface area contributed by atoms with Crippen molar-refractivity contribution >= 4 is 23.8 Å². The first-order chi connectivity index (χ1) is 17.8. The van der Waals surface area contributed by atoms with E-state index in [4.69, 9.17) is 10.5 Å². The monoisotopic (exact) mass is 528 g/mol. The summed E-state index contributed by atoms with van der Waals surface area (Å²) in [5.74, 6) is -1.32. The molecule has 0 bridgehead atoms. The number of rotatable bonds is 9. The van der Waals surface area contributed by atoms with Crippen LogP contribution >= 0.6 is 0 Å². The maximum Gasteiger partial charge on any atom is 0.408 e. The molecule has 1 aromatic rings. The zero-order valence-corrected chi connectivity index (χ0v) is 23.6. The average molecular weight is 529 g/mol. The topological polar surface area (TPSA) is 131 Å². The molecule has 38 heavy (non-hydrogen) atoms. The summed E-state index contributed by atoms with van der Waals surface area (Å²) < 4.78 is 5.36. The Morgan fingerprint density at radius 2 is 1.66 bits per heavy atom. The molecule has 4 N–H and O–H groups in total. The molecular formula is C29H44N4O5. The van der Waals surface area contributed by atoms with Gasteiger partial charge in [0.2, 0.25) is 17.7 Å². The first-order valence-corrected chi connectivity index (χ1v) is 13.7. The molecule has 2 fully saturated rings. The van der Waals surface area contributed by atoms with Crippen molar-refractivity contribution in [1.29, 1.82) is 0 Å². The summed E-state index contributed by atoms with van der Waals surface area (Å²) in [5.41, 5.74) is 7.25. The Morgan fingerprint density at radius 3 is 2.16 bits per heavy atom. The van der Waals surface area contributed by atoms with Gasteiger partial charge in [0.05, 0.1) is 6.42 Å². The average Bonchev–Trinajstić information content (AvgIpc) is 3.52. The highest BCUT2D eigenvalue weighted by atomic mass is 16.6. The molecule has 0 saturated heterocycles. The highest BCUT2D eigenvalue weighted by Crippen LogP contribution is 2.42. The van der Waals surface area contributed by atoms with Crippen LogP contribution in [0.3, 0.4) is 0 Å². The number of nitrogens with one attached hydrogen (secondary N) is 2. The fourth-order valence-electron chi connectivity index (χ4n) is 5.39. The Labute approximate surface area is 226 Å². The number of benzene rings is 1. The van der Waals surface area contributed by atoms with E-state index in [-0.39, 0.29) is 23.9 Å². The van der Waals surface area contributed by atoms with E-state index in [0.29, 0.717) is 0 Å². The van der Waals surface area contributed by atoms with Crippen molar-refractivity contribution in [2.45, 2.75) is 116 Å². The zero-order valence-electron chi connectivity index (χ0n) is 23.6. The molecule has 9 nitrogen and oxygen atoms in total. The fourth-order valence-corrected chi connectivity index (χ4v) is 5.39. The SMILES string of the molecule is Cc1cccc(C)c1C(C(=O)NC1CCCCC1)N(C(=O)C(CC(N)=O)NC(=O)OC(C)(C)C)C1CC1C. The lowest BCUT2D eigenvalue weighted by Crippen LogP contribution is -2.55. The van der Waals surface area contributed by atoms with Crippen LogP contribution in [-0.2, 0) is 19.1 Å². The number of carbonyl (C=O) groups is 4. The molecule has 3 rings (SSSR count). The van der Waals surface area contributed by atoms with Crippen LogP contribution in [0, 0.1) is 19.8 Å². The van der Waals surface area contributed by atoms with Crippen molar-refractivity contribution in [2.24, 2.45) is 11.7 Å². The number of nitrogens with two attached hydrogens (primary N) is 1. The molecule has 1 aromatic carbocycles. The number of amides is 4. The molecule has 4 amide bonds. The Bertz CT molecular complexity index is 1020. The van der Waals surface area contributed by atoms with Gasteiger partial charge in [-0.2, -0.15) is 0 Å². The molecule has 0 heterocycles. The van der Waals surface area contributed by atoms with Crippen molar-refractivity contribution in [2.75, 3.05) is 0 Å². The third kappa shape index (κ3) is 7.71. The highest BCUT2D eigenvalue weighted by molar-refractivity contribution is 5.95. The lowest BCUT2D eigenvalue weighted by molar-refractivity contribution is -0.144. The number of nitrogens with zero attached hydrogens (tertiary/aromatic N) is 1. The number of carbonyl (C=O) groups excluding carboxylic acids is 4. The summed E-state index contributed by atoms with van der Waals surface area (Å²) in [6.45, 7) is 11.0. The predicted molar refractivity (Wildman–Crippen MR) is 145 cm³/mol. The van der Waals surface area contributed by atoms with Crippen LogP contribution in [0.1, 0.15) is 95.4 Å². The maximum absolute atomic E-state index is 14.2. The van der Waals surface area contributed by atoms with Crippen LogP contribution < -0.4 is 16.4 Å². The van der Waals surface area contributed by atoms with Crippen molar-refractivity contribution in [3.63, 3.8) is 0 Å². The molecular weight excluding hydrogens is 484 g/mol. The minimum Gasteiger partial charge on any atom is -0.444 e. The van der Waals surface area contributed by atoms with Crippen LogP contribution in [0.2, 0.25) is 0 Å². The van der Waals surface area contributed by atoms with Crippen LogP contribution in [-0.4, -0.2) is 52.4 Å². The third-order valence-electron chi connectivity index (χ3n) is 7.37. The van der Waals surface area contributed by atoms with Gasteiger partial charge in [0.25, 0.3) is 0 Å². The van der Waals surface area contributed by atoms with Gasteiger partial charge in [-0.1, -0.05) is 44.4 Å². The molecule has 2 aliphatic rings. The lowest BCUT2D eigenvalue weighted by atomic mass is 9.91. The minimum absolute atomic E-state index is 0.0537. The largest absolute Gasteiger partial charge is 0.444 e. The summed E-state index contributed by atoms with van der Waals surface area (Å²) in [5, 5.41) is 5.77. The van der Waals surface area contributed by atoms with Gasteiger partial charge in [0, 0.05) is 12.1 Å². The first-order valence-electron chi connectivity index (χ1n) is 13.7. The van der Waals surface area contributed by atoms with Gasteiger partial charge in [0.15, 0.2) is 0 Å². The van der Waals surface area contributed by atoms with Crippen LogP contribution in [0.15, 0.2) is 18.2 Å². The number of alkyl carbamates (subject to hydrolysis) is 1. The smallest absolute Gasteiger partial charge is 0.408 e. The summed E-state index contributed by atoms with van der Waals surface area (Å²) in [6, 6.07) is 3.47. The predicted octanol–water partition coefficient (Wildman–Crippen LogP) is 3.80. The molecule has 4 atom stereocenters. The van der Waals surface area contributed by atoms with Crippen LogP contribution in [0.25, 0.3) is 0 Å². The van der Waals surface area contributed by atoms with E-state index in [1.807, 2.05) is 39.0 Å². The van der Waals surface area contributed by atoms with E-state index in [1.54, 1.807) is 25.7 Å². The van der Waals surface area contributed by atoms with E-state index >= 15 is 0 Å². The number of primary amides is 1. The van der Waals surface area contributed by atoms with Gasteiger partial charge in [-0.15, -0.1) is 0 Å². The number of hydrogen-bond donors (Lipinski definition) is 3. The lowest BCUT2D eigenvalue weighted by Gasteiger charge is -2.37. The second-order valence-corrected chi connectivity index (χ2v) is 11.9. The second-order valence-electron chi connectivity index (χ2n) is 11.9. The zero-order chi connectivity index (χ0) is 28.2. The third-order valence-corrected chi connectivity index (χ3v) is 7.37. The quantitative estimate of drug-likeness (QED) is 0.449. The van der Waals surface area contributed by atoms with Crippen molar-refractivity contribution in [1.82, 2.24) is 15.5 Å². The summed E-state index contributed by atoms with van der Waals surface area (Å²) in [4.78, 5) is 54.5. The summed E-state index contributed by atoms with van der Waals surface area (Å²) in [6.07, 6.45) is 4.58. The van der Waals surface area contributed by atoms with Gasteiger partial charge in [-0.25, -0.2) is 4.79 Å². The Morgan fingerprint density at radius 1 is 1.08 bits per heavy atom. The minimum atomic E-state index is -1.26. The molecule has 210 valence electrons. The molecule has 2 aliphatic carbocycles. The van der Waals surface area contributed by atoms with Crippen LogP contribution in [0.5, 0.6) is 0 Å². The molecule has 4 unspecified atom stereocenters. The van der Waals surface area contributed by atoms with E-state index in [0.717, 1.165) is 55.2 Å². The standard InChI is InChI=1S/C29H44N4O5/c1-17-11-10-12-18(2)24(17)25(26(35)31-20-13-8-7-9-14-20)33(22-15-19(22)3)27(36)21(16-23(30)34)32-28(37)38-29(4,5)6/h10-12,19-22,25H,7-9,13-16H2,1-6H3,(H2,30,34)(H,31,35)(H,32,37). The maximum atomic E-state index is 14.2. The fraction of sp³-hybridized carbons (Fsp3) is 0.655. The van der Waals surface area contributed by atoms with Gasteiger partial charge >= 0.3 is 6.09 Å². The number of hydrogen-bond acceptors (Lipinski definition) is 5. The Kier molecular flexibility index (Phi) is 9.44.